The molecule has 0 spiro atoms. The van der Waals surface area contributed by atoms with Crippen molar-refractivity contribution in [2.45, 2.75) is 27.2 Å². The number of rotatable bonds is 3. The normalized spacial score (nSPS) is 32.4. The highest BCUT2D eigenvalue weighted by Crippen LogP contribution is 2.64. The number of hydrogen-bond donors (Lipinski definition) is 1. The Kier molecular flexibility index (Phi) is 3.34. The summed E-state index contributed by atoms with van der Waals surface area (Å²) in [5, 5.41) is 6.33. The number of aliphatic imine (C=N–C) groups is 1. The molecular weight excluding hydrogens is 378 g/mol. The van der Waals surface area contributed by atoms with Crippen LogP contribution in [0.1, 0.15) is 25.8 Å². The number of para-hydroxylation sites is 1. The Balaban J connectivity index is 1.32. The van der Waals surface area contributed by atoms with Gasteiger partial charge in [0.05, 0.1) is 16.7 Å². The summed E-state index contributed by atoms with van der Waals surface area (Å²) < 4.78 is 0. The lowest BCUT2D eigenvalue weighted by Gasteiger charge is -2.44. The van der Waals surface area contributed by atoms with E-state index < -0.39 is 0 Å². The number of benzene rings is 2. The molecule has 5 unspecified atom stereocenters. The molecule has 3 aliphatic carbocycles. The maximum absolute atomic E-state index is 5.19. The SMILES string of the molecule is CC1=CC2=NC3=CC4CC(C2C14)C3(C)CNc1c2ccccc2nc2cc(C)ccc12. The van der Waals surface area contributed by atoms with Gasteiger partial charge in [0.25, 0.3) is 0 Å². The second kappa shape index (κ2) is 5.85. The third-order valence-corrected chi connectivity index (χ3v) is 8.54. The average molecular weight is 406 g/mol. The molecule has 0 saturated heterocycles. The van der Waals surface area contributed by atoms with Crippen LogP contribution >= 0.6 is 0 Å². The van der Waals surface area contributed by atoms with Crippen molar-refractivity contribution in [2.75, 3.05) is 11.9 Å². The van der Waals surface area contributed by atoms with Crippen molar-refractivity contribution in [2.24, 2.45) is 34.1 Å². The first-order chi connectivity index (χ1) is 15.0. The zero-order valence-electron chi connectivity index (χ0n) is 18.3. The van der Waals surface area contributed by atoms with Crippen LogP contribution in [0.2, 0.25) is 0 Å². The number of pyridine rings is 1. The summed E-state index contributed by atoms with van der Waals surface area (Å²) in [5.41, 5.74) is 8.86. The molecule has 0 amide bonds. The van der Waals surface area contributed by atoms with Crippen molar-refractivity contribution in [3.63, 3.8) is 0 Å². The molecule has 4 aliphatic rings. The lowest BCUT2D eigenvalue weighted by molar-refractivity contribution is 0.205. The van der Waals surface area contributed by atoms with Crippen molar-refractivity contribution < 1.29 is 0 Å². The van der Waals surface area contributed by atoms with Gasteiger partial charge in [-0.2, -0.15) is 0 Å². The molecule has 3 bridgehead atoms. The highest BCUT2D eigenvalue weighted by atomic mass is 15.0. The maximum Gasteiger partial charge on any atom is 0.0733 e. The Morgan fingerprint density at radius 2 is 1.87 bits per heavy atom. The van der Waals surface area contributed by atoms with Crippen LogP contribution in [0.25, 0.3) is 21.8 Å². The molecule has 5 atom stereocenters. The van der Waals surface area contributed by atoms with Gasteiger partial charge in [-0.3, -0.25) is 4.99 Å². The first-order valence-electron chi connectivity index (χ1n) is 11.5. The van der Waals surface area contributed by atoms with Crippen molar-refractivity contribution in [1.82, 2.24) is 4.98 Å². The Labute approximate surface area is 183 Å². The predicted molar refractivity (Wildman–Crippen MR) is 128 cm³/mol. The summed E-state index contributed by atoms with van der Waals surface area (Å²) in [6, 6.07) is 15.1. The maximum atomic E-state index is 5.19. The minimum atomic E-state index is 0.0687. The van der Waals surface area contributed by atoms with Gasteiger partial charge in [0.1, 0.15) is 0 Å². The molecular formula is C28H27N3. The van der Waals surface area contributed by atoms with E-state index in [0.29, 0.717) is 23.7 Å². The Bertz CT molecular complexity index is 1380. The molecule has 3 aromatic rings. The van der Waals surface area contributed by atoms with Crippen LogP contribution < -0.4 is 5.32 Å². The monoisotopic (exact) mass is 405 g/mol. The molecule has 1 fully saturated rings. The molecule has 2 aromatic carbocycles. The number of aryl methyl sites for hydroxylation is 1. The first kappa shape index (κ1) is 17.7. The number of nitrogens with one attached hydrogen (secondary N) is 1. The van der Waals surface area contributed by atoms with Crippen LogP contribution in [-0.2, 0) is 0 Å². The van der Waals surface area contributed by atoms with E-state index in [1.807, 2.05) is 0 Å². The fourth-order valence-electron chi connectivity index (χ4n) is 7.05. The number of nitrogens with zero attached hydrogens (tertiary/aromatic N) is 2. The van der Waals surface area contributed by atoms with Crippen LogP contribution in [0, 0.1) is 36.0 Å². The van der Waals surface area contributed by atoms with Gasteiger partial charge in [0.15, 0.2) is 0 Å². The van der Waals surface area contributed by atoms with E-state index in [1.54, 1.807) is 5.57 Å². The van der Waals surface area contributed by atoms with E-state index in [4.69, 9.17) is 9.98 Å². The summed E-state index contributed by atoms with van der Waals surface area (Å²) in [6.07, 6.45) is 6.19. The fourth-order valence-corrected chi connectivity index (χ4v) is 7.05. The van der Waals surface area contributed by atoms with Gasteiger partial charge in [0.2, 0.25) is 0 Å². The van der Waals surface area contributed by atoms with Crippen molar-refractivity contribution in [1.29, 1.82) is 0 Å². The Morgan fingerprint density at radius 3 is 2.77 bits per heavy atom. The van der Waals surface area contributed by atoms with E-state index in [-0.39, 0.29) is 5.41 Å². The lowest BCUT2D eigenvalue weighted by atomic mass is 9.65. The van der Waals surface area contributed by atoms with Gasteiger partial charge in [-0.25, -0.2) is 4.98 Å². The summed E-state index contributed by atoms with van der Waals surface area (Å²) in [7, 11) is 0. The van der Waals surface area contributed by atoms with Gasteiger partial charge >= 0.3 is 0 Å². The summed E-state index contributed by atoms with van der Waals surface area (Å²) in [4.78, 5) is 10.1. The third kappa shape index (κ3) is 2.24. The standard InChI is InChI=1S/C28H27N3/c1-15-8-9-19-22(10-15)30-21-7-5-4-6-18(21)27(19)29-14-28(3)20-12-17-13-24(28)31-23-11-16(2)25(17)26(20)23/h4-11,13,17,20,25-26H,12,14H2,1-3H3,(H,29,30). The van der Waals surface area contributed by atoms with E-state index in [0.717, 1.165) is 17.6 Å². The van der Waals surface area contributed by atoms with E-state index in [2.05, 4.69) is 80.7 Å². The van der Waals surface area contributed by atoms with Gasteiger partial charge in [0, 0.05) is 40.1 Å². The molecule has 1 aromatic heterocycles. The number of aromatic nitrogens is 1. The minimum Gasteiger partial charge on any atom is -0.383 e. The van der Waals surface area contributed by atoms with Crippen LogP contribution in [0.4, 0.5) is 5.69 Å². The molecule has 7 rings (SSSR count). The smallest absolute Gasteiger partial charge is 0.0733 e. The van der Waals surface area contributed by atoms with E-state index >= 15 is 0 Å². The molecule has 1 aliphatic heterocycles. The quantitative estimate of drug-likeness (QED) is 0.520. The van der Waals surface area contributed by atoms with Gasteiger partial charge < -0.3 is 5.32 Å². The van der Waals surface area contributed by atoms with Crippen LogP contribution in [-0.4, -0.2) is 17.2 Å². The van der Waals surface area contributed by atoms with Gasteiger partial charge in [-0.05, 0) is 61.8 Å². The third-order valence-electron chi connectivity index (χ3n) is 8.54. The summed E-state index contributed by atoms with van der Waals surface area (Å²) in [6.45, 7) is 7.80. The fraction of sp³-hybridized carbons (Fsp3) is 0.357. The van der Waals surface area contributed by atoms with Gasteiger partial charge in [-0.1, -0.05) is 48.9 Å². The van der Waals surface area contributed by atoms with Crippen LogP contribution in [0.5, 0.6) is 0 Å². The zero-order chi connectivity index (χ0) is 20.9. The second-order valence-corrected chi connectivity index (χ2v) is 10.3. The van der Waals surface area contributed by atoms with E-state index in [9.17, 15) is 0 Å². The predicted octanol–water partition coefficient (Wildman–Crippen LogP) is 6.30. The molecule has 1 saturated carbocycles. The van der Waals surface area contributed by atoms with Crippen molar-refractivity contribution in [3.05, 3.63) is 71.5 Å². The molecule has 3 heteroatoms. The number of allylic oxidation sites excluding steroid dienone is 3. The lowest BCUT2D eigenvalue weighted by Crippen LogP contribution is -2.43. The van der Waals surface area contributed by atoms with Gasteiger partial charge in [-0.15, -0.1) is 0 Å². The van der Waals surface area contributed by atoms with Crippen LogP contribution in [0.15, 0.2) is 70.9 Å². The number of fused-ring (bicyclic) bond motifs is 5. The van der Waals surface area contributed by atoms with Crippen molar-refractivity contribution >= 4 is 33.2 Å². The zero-order valence-corrected chi connectivity index (χ0v) is 18.3. The highest BCUT2D eigenvalue weighted by molar-refractivity contribution is 6.07. The molecule has 0 radical (unpaired) electrons. The average Bonchev–Trinajstić information content (AvgIpc) is 3.20. The van der Waals surface area contributed by atoms with Crippen LogP contribution in [0.3, 0.4) is 0 Å². The van der Waals surface area contributed by atoms with Crippen molar-refractivity contribution in [3.8, 4) is 0 Å². The summed E-state index contributed by atoms with van der Waals surface area (Å²) >= 11 is 0. The largest absolute Gasteiger partial charge is 0.383 e. The molecule has 1 N–H and O–H groups in total. The minimum absolute atomic E-state index is 0.0687. The molecule has 3 nitrogen and oxygen atoms in total. The molecule has 2 heterocycles. The number of anilines is 1. The second-order valence-electron chi connectivity index (χ2n) is 10.3. The number of hydrogen-bond acceptors (Lipinski definition) is 3. The Hall–Kier alpha value is -2.94. The highest BCUT2D eigenvalue weighted by Gasteiger charge is 2.60. The first-order valence-corrected chi connectivity index (χ1v) is 11.5. The Morgan fingerprint density at radius 1 is 1.03 bits per heavy atom. The summed E-state index contributed by atoms with van der Waals surface area (Å²) in [5.74, 6) is 2.67. The topological polar surface area (TPSA) is 37.3 Å². The molecule has 154 valence electrons. The molecule has 31 heavy (non-hydrogen) atoms. The van der Waals surface area contributed by atoms with E-state index in [1.165, 1.54) is 39.9 Å².